The number of hydrogen-bond donors (Lipinski definition) is 1. The van der Waals surface area contributed by atoms with Crippen LogP contribution in [0.4, 0.5) is 17.6 Å². The van der Waals surface area contributed by atoms with Crippen molar-refractivity contribution in [3.63, 3.8) is 0 Å². The maximum Gasteiger partial charge on any atom is 0.283 e. The van der Waals surface area contributed by atoms with Gasteiger partial charge in [0.1, 0.15) is 23.7 Å². The minimum Gasteiger partial charge on any atom is -0.456 e. The Kier molecular flexibility index (Phi) is 5.79. The van der Waals surface area contributed by atoms with Crippen molar-refractivity contribution in [2.75, 3.05) is 6.67 Å². The van der Waals surface area contributed by atoms with E-state index in [4.69, 9.17) is 22.1 Å². The lowest BCUT2D eigenvalue weighted by Gasteiger charge is -2.37. The summed E-state index contributed by atoms with van der Waals surface area (Å²) in [7, 11) is 0. The first-order valence-electron chi connectivity index (χ1n) is 8.51. The Bertz CT molecular complexity index is 988. The molecule has 2 N–H and O–H groups in total. The molecule has 2 aromatic rings. The lowest BCUT2D eigenvalue weighted by atomic mass is 9.83. The summed E-state index contributed by atoms with van der Waals surface area (Å²) in [6, 6.07) is 4.00. The smallest absolute Gasteiger partial charge is 0.283 e. The van der Waals surface area contributed by atoms with Gasteiger partial charge in [-0.05, 0) is 30.7 Å². The number of benzene rings is 1. The summed E-state index contributed by atoms with van der Waals surface area (Å²) in [5, 5.41) is 0.0300. The summed E-state index contributed by atoms with van der Waals surface area (Å²) < 4.78 is 61.2. The number of nitrogens with zero attached hydrogens (tertiary/aromatic N) is 2. The first kappa shape index (κ1) is 21.0. The summed E-state index contributed by atoms with van der Waals surface area (Å²) in [5.41, 5.74) is 3.23. The molecule has 0 saturated carbocycles. The van der Waals surface area contributed by atoms with Crippen LogP contribution < -0.4 is 5.73 Å². The van der Waals surface area contributed by atoms with Gasteiger partial charge >= 0.3 is 0 Å². The highest BCUT2D eigenvalue weighted by atomic mass is 35.5. The number of ketones is 1. The molecule has 1 aromatic heterocycles. The van der Waals surface area contributed by atoms with Crippen molar-refractivity contribution >= 4 is 23.4 Å². The van der Waals surface area contributed by atoms with Crippen LogP contribution in [0.25, 0.3) is 0 Å². The molecule has 154 valence electrons. The van der Waals surface area contributed by atoms with Gasteiger partial charge in [0.05, 0.1) is 5.02 Å². The zero-order valence-electron chi connectivity index (χ0n) is 15.1. The van der Waals surface area contributed by atoms with Crippen LogP contribution in [0.1, 0.15) is 28.5 Å². The van der Waals surface area contributed by atoms with Crippen LogP contribution in [0, 0.1) is 11.6 Å². The minimum atomic E-state index is -2.03. The predicted octanol–water partition coefficient (Wildman–Crippen LogP) is 3.67. The van der Waals surface area contributed by atoms with Gasteiger partial charge < -0.3 is 10.5 Å². The first-order valence-corrected chi connectivity index (χ1v) is 8.88. The molecule has 0 aliphatic carbocycles. The topological polar surface area (TPSA) is 77.6 Å². The van der Waals surface area contributed by atoms with E-state index in [1.54, 1.807) is 0 Å². The highest BCUT2D eigenvalue weighted by Gasteiger charge is 2.48. The van der Waals surface area contributed by atoms with Gasteiger partial charge in [-0.25, -0.2) is 27.5 Å². The Morgan fingerprint density at radius 2 is 2.03 bits per heavy atom. The number of aliphatic imine (C=N–C) groups is 1. The fourth-order valence-electron chi connectivity index (χ4n) is 3.17. The molecule has 2 heterocycles. The quantitative estimate of drug-likeness (QED) is 0.581. The van der Waals surface area contributed by atoms with Gasteiger partial charge in [0, 0.05) is 18.2 Å². The van der Waals surface area contributed by atoms with Crippen molar-refractivity contribution in [3.8, 4) is 0 Å². The van der Waals surface area contributed by atoms with E-state index < -0.39 is 53.6 Å². The molecule has 1 aliphatic rings. The molecule has 3 atom stereocenters. The third-order valence-electron chi connectivity index (χ3n) is 4.64. The molecular formula is C19H16ClF4N3O2. The van der Waals surface area contributed by atoms with Gasteiger partial charge in [-0.15, -0.1) is 0 Å². The molecule has 0 radical (unpaired) electrons. The van der Waals surface area contributed by atoms with Gasteiger partial charge in [0.25, 0.3) is 6.02 Å². The average Bonchev–Trinajstić information content (AvgIpc) is 2.66. The summed E-state index contributed by atoms with van der Waals surface area (Å²) >= 11 is 5.62. The van der Waals surface area contributed by atoms with Crippen LogP contribution in [-0.4, -0.2) is 35.7 Å². The molecule has 29 heavy (non-hydrogen) atoms. The van der Waals surface area contributed by atoms with Crippen molar-refractivity contribution < 1.29 is 27.1 Å². The normalized spacial score (nSPS) is 24.0. The van der Waals surface area contributed by atoms with Crippen LogP contribution in [-0.2, 0) is 16.7 Å². The third kappa shape index (κ3) is 4.05. The van der Waals surface area contributed by atoms with E-state index in [1.165, 1.54) is 19.1 Å². The number of amidine groups is 1. The van der Waals surface area contributed by atoms with Crippen LogP contribution in [0.15, 0.2) is 35.5 Å². The zero-order chi connectivity index (χ0) is 21.3. The number of Topliss-reactive ketones (excluding diaryl/α,β-unsaturated/α-hetero) is 1. The third-order valence-corrected chi connectivity index (χ3v) is 4.85. The molecular weight excluding hydrogens is 414 g/mol. The van der Waals surface area contributed by atoms with Gasteiger partial charge in [-0.2, -0.15) is 0 Å². The van der Waals surface area contributed by atoms with Crippen molar-refractivity contribution in [2.45, 2.75) is 31.2 Å². The van der Waals surface area contributed by atoms with Crippen molar-refractivity contribution in [2.24, 2.45) is 10.7 Å². The van der Waals surface area contributed by atoms with E-state index in [2.05, 4.69) is 9.98 Å². The minimum absolute atomic E-state index is 0.0300. The molecule has 0 spiro atoms. The zero-order valence-corrected chi connectivity index (χ0v) is 15.9. The first-order chi connectivity index (χ1) is 13.7. The Labute approximate surface area is 168 Å². The van der Waals surface area contributed by atoms with Crippen LogP contribution in [0.2, 0.25) is 5.02 Å². The fraction of sp³-hybridized carbons (Fsp3) is 0.316. The number of carbonyl (C=O) groups excluding carboxylic acids is 1. The number of alkyl halides is 2. The van der Waals surface area contributed by atoms with Gasteiger partial charge in [0.2, 0.25) is 0 Å². The molecule has 5 nitrogen and oxygen atoms in total. The molecule has 0 bridgehead atoms. The highest BCUT2D eigenvalue weighted by Crippen LogP contribution is 2.38. The number of nitrogens with two attached hydrogens (primary N) is 1. The van der Waals surface area contributed by atoms with Crippen LogP contribution in [0.3, 0.4) is 0 Å². The second kappa shape index (κ2) is 7.98. The predicted molar refractivity (Wildman–Crippen MR) is 98.4 cm³/mol. The Balaban J connectivity index is 1.96. The number of halogens is 5. The number of carbonyl (C=O) groups is 1. The van der Waals surface area contributed by atoms with Crippen molar-refractivity contribution in [1.82, 2.24) is 4.98 Å². The van der Waals surface area contributed by atoms with Crippen molar-refractivity contribution in [1.29, 1.82) is 0 Å². The molecule has 0 unspecified atom stereocenters. The Morgan fingerprint density at radius 1 is 1.31 bits per heavy atom. The van der Waals surface area contributed by atoms with Crippen LogP contribution >= 0.6 is 11.6 Å². The molecule has 0 saturated heterocycles. The lowest BCUT2D eigenvalue weighted by molar-refractivity contribution is 0.00449. The van der Waals surface area contributed by atoms with Crippen LogP contribution in [0.5, 0.6) is 0 Å². The second-order valence-electron chi connectivity index (χ2n) is 6.71. The highest BCUT2D eigenvalue weighted by molar-refractivity contribution is 6.30. The van der Waals surface area contributed by atoms with Gasteiger partial charge in [0.15, 0.2) is 23.9 Å². The number of rotatable bonds is 5. The Morgan fingerprint density at radius 3 is 2.69 bits per heavy atom. The van der Waals surface area contributed by atoms with E-state index in [0.717, 1.165) is 18.3 Å². The van der Waals surface area contributed by atoms with E-state index in [-0.39, 0.29) is 22.6 Å². The monoisotopic (exact) mass is 429 g/mol. The summed E-state index contributed by atoms with van der Waals surface area (Å²) in [6.07, 6.45) is -2.79. The molecule has 0 amide bonds. The average molecular weight is 430 g/mol. The standard InChI is InChI=1S/C19H16ClF4N3O2/c1-19(17(24)15(7-21)29-18(25)27-19)11-4-9(2-3-12(11)22)5-14(28)16-13(23)6-10(20)8-26-16/h2-4,6,8,15,17H,5,7H2,1H3,(H2,25,27)/t15-,17+,19-/m1/s1. The maximum absolute atomic E-state index is 14.9. The second-order valence-corrected chi connectivity index (χ2v) is 7.14. The summed E-state index contributed by atoms with van der Waals surface area (Å²) in [4.78, 5) is 19.9. The molecule has 1 aromatic carbocycles. The fourth-order valence-corrected chi connectivity index (χ4v) is 3.32. The molecule has 1 aliphatic heterocycles. The largest absolute Gasteiger partial charge is 0.456 e. The number of hydrogen-bond acceptors (Lipinski definition) is 5. The SMILES string of the molecule is C[C@]1(c2cc(CC(=O)c3ncc(Cl)cc3F)ccc2F)N=C(N)O[C@H](CF)[C@@H]1F. The summed E-state index contributed by atoms with van der Waals surface area (Å²) in [5.74, 6) is -2.40. The molecule has 3 rings (SSSR count). The van der Waals surface area contributed by atoms with E-state index in [0.29, 0.717) is 0 Å². The number of ether oxygens (including phenoxy) is 1. The molecule has 0 fully saturated rings. The van der Waals surface area contributed by atoms with E-state index >= 15 is 0 Å². The number of aromatic nitrogens is 1. The van der Waals surface area contributed by atoms with E-state index in [1.807, 2.05) is 0 Å². The van der Waals surface area contributed by atoms with Gasteiger partial charge in [-0.3, -0.25) is 4.79 Å². The molecule has 10 heteroatoms. The van der Waals surface area contributed by atoms with Gasteiger partial charge in [-0.1, -0.05) is 17.7 Å². The lowest BCUT2D eigenvalue weighted by Crippen LogP contribution is -2.50. The Hall–Kier alpha value is -2.68. The number of pyridine rings is 1. The summed E-state index contributed by atoms with van der Waals surface area (Å²) in [6.45, 7) is 0.0639. The van der Waals surface area contributed by atoms with E-state index in [9.17, 15) is 22.4 Å². The maximum atomic E-state index is 14.9. The van der Waals surface area contributed by atoms with Crippen molar-refractivity contribution in [3.05, 3.63) is 63.9 Å².